The van der Waals surface area contributed by atoms with Gasteiger partial charge in [-0.1, -0.05) is 17.7 Å². The first-order valence-corrected chi connectivity index (χ1v) is 7.25. The Morgan fingerprint density at radius 3 is 2.80 bits per heavy atom. The number of nitrogens with one attached hydrogen (secondary N) is 1. The van der Waals surface area contributed by atoms with Crippen LogP contribution in [0.3, 0.4) is 0 Å². The molecular weight excluding hydrogens is 276 g/mol. The fourth-order valence-corrected chi connectivity index (χ4v) is 2.62. The molecule has 1 aromatic rings. The van der Waals surface area contributed by atoms with E-state index in [1.807, 2.05) is 13.8 Å². The maximum Gasteiger partial charge on any atom is 0.313 e. The van der Waals surface area contributed by atoms with Gasteiger partial charge in [0, 0.05) is 23.3 Å². The predicted octanol–water partition coefficient (Wildman–Crippen LogP) is 2.99. The van der Waals surface area contributed by atoms with Crippen LogP contribution in [0.2, 0.25) is 5.02 Å². The van der Waals surface area contributed by atoms with Crippen LogP contribution in [-0.4, -0.2) is 29.3 Å². The Morgan fingerprint density at radius 1 is 1.35 bits per heavy atom. The maximum atomic E-state index is 12.2. The molecule has 1 aromatic carbocycles. The standard InChI is InChI=1S/C15H19ClN2O2/c1-10-6-3-4-9-18(10)15(20)14(19)17-13-8-5-7-12(16)11(13)2/h5,7-8,10H,3-4,6,9H2,1-2H3,(H,17,19). The van der Waals surface area contributed by atoms with Gasteiger partial charge in [-0.3, -0.25) is 9.59 Å². The molecule has 0 aliphatic carbocycles. The molecule has 1 aliphatic rings. The van der Waals surface area contributed by atoms with E-state index in [-0.39, 0.29) is 6.04 Å². The lowest BCUT2D eigenvalue weighted by Crippen LogP contribution is -2.47. The van der Waals surface area contributed by atoms with Crippen LogP contribution in [0.1, 0.15) is 31.7 Å². The molecule has 0 saturated carbocycles. The molecule has 108 valence electrons. The molecule has 0 spiro atoms. The maximum absolute atomic E-state index is 12.2. The van der Waals surface area contributed by atoms with Crippen molar-refractivity contribution in [3.05, 3.63) is 28.8 Å². The minimum atomic E-state index is -0.593. The molecule has 1 saturated heterocycles. The molecule has 1 atom stereocenters. The highest BCUT2D eigenvalue weighted by Gasteiger charge is 2.28. The number of rotatable bonds is 1. The fourth-order valence-electron chi connectivity index (χ4n) is 2.45. The Bertz CT molecular complexity index is 531. The van der Waals surface area contributed by atoms with Crippen molar-refractivity contribution >= 4 is 29.1 Å². The summed E-state index contributed by atoms with van der Waals surface area (Å²) in [6.07, 6.45) is 3.02. The zero-order valence-corrected chi connectivity index (χ0v) is 12.5. The number of amides is 2. The molecule has 5 heteroatoms. The summed E-state index contributed by atoms with van der Waals surface area (Å²) in [4.78, 5) is 25.9. The van der Waals surface area contributed by atoms with Gasteiger partial charge >= 0.3 is 11.8 Å². The molecule has 0 radical (unpaired) electrons. The average molecular weight is 295 g/mol. The molecule has 4 nitrogen and oxygen atoms in total. The Labute approximate surface area is 124 Å². The molecule has 2 rings (SSSR count). The predicted molar refractivity (Wildman–Crippen MR) is 79.8 cm³/mol. The third kappa shape index (κ3) is 3.12. The van der Waals surface area contributed by atoms with Gasteiger partial charge < -0.3 is 10.2 Å². The molecule has 2 amide bonds. The third-order valence-corrected chi connectivity index (χ3v) is 4.18. The van der Waals surface area contributed by atoms with Gasteiger partial charge in [0.15, 0.2) is 0 Å². The van der Waals surface area contributed by atoms with Crippen molar-refractivity contribution in [2.24, 2.45) is 0 Å². The second-order valence-electron chi connectivity index (χ2n) is 5.21. The van der Waals surface area contributed by atoms with Crippen molar-refractivity contribution in [3.63, 3.8) is 0 Å². The van der Waals surface area contributed by atoms with Gasteiger partial charge in [-0.15, -0.1) is 0 Å². The Kier molecular flexibility index (Phi) is 4.65. The van der Waals surface area contributed by atoms with Gasteiger partial charge in [-0.2, -0.15) is 0 Å². The topological polar surface area (TPSA) is 49.4 Å². The van der Waals surface area contributed by atoms with Crippen molar-refractivity contribution in [2.75, 3.05) is 11.9 Å². The highest BCUT2D eigenvalue weighted by Crippen LogP contribution is 2.23. The summed E-state index contributed by atoms with van der Waals surface area (Å²) in [5.41, 5.74) is 1.35. The normalized spacial score (nSPS) is 18.8. The largest absolute Gasteiger partial charge is 0.332 e. The number of carbonyl (C=O) groups excluding carboxylic acids is 2. The third-order valence-electron chi connectivity index (χ3n) is 3.77. The number of likely N-dealkylation sites (tertiary alicyclic amines) is 1. The van der Waals surface area contributed by atoms with Gasteiger partial charge in [0.1, 0.15) is 0 Å². The minimum Gasteiger partial charge on any atom is -0.332 e. The number of halogens is 1. The molecule has 20 heavy (non-hydrogen) atoms. The van der Waals surface area contributed by atoms with Gasteiger partial charge in [0.05, 0.1) is 0 Å². The number of carbonyl (C=O) groups is 2. The molecule has 1 fully saturated rings. The molecule has 1 N–H and O–H groups in total. The van der Waals surface area contributed by atoms with Crippen LogP contribution in [0, 0.1) is 6.92 Å². The van der Waals surface area contributed by atoms with E-state index in [4.69, 9.17) is 11.6 Å². The van der Waals surface area contributed by atoms with Gasteiger partial charge in [-0.05, 0) is 50.8 Å². The number of piperidine rings is 1. The van der Waals surface area contributed by atoms with E-state index in [0.717, 1.165) is 24.8 Å². The summed E-state index contributed by atoms with van der Waals surface area (Å²) < 4.78 is 0. The highest BCUT2D eigenvalue weighted by atomic mass is 35.5. The zero-order valence-electron chi connectivity index (χ0n) is 11.8. The van der Waals surface area contributed by atoms with Gasteiger partial charge in [0.25, 0.3) is 0 Å². The summed E-state index contributed by atoms with van der Waals surface area (Å²) in [6.45, 7) is 4.45. The first-order valence-electron chi connectivity index (χ1n) is 6.87. The van der Waals surface area contributed by atoms with E-state index >= 15 is 0 Å². The fraction of sp³-hybridized carbons (Fsp3) is 0.467. The van der Waals surface area contributed by atoms with Crippen molar-refractivity contribution in [2.45, 2.75) is 39.2 Å². The van der Waals surface area contributed by atoms with Crippen molar-refractivity contribution in [1.82, 2.24) is 4.90 Å². The van der Waals surface area contributed by atoms with Crippen LogP contribution in [-0.2, 0) is 9.59 Å². The van der Waals surface area contributed by atoms with E-state index in [2.05, 4.69) is 5.32 Å². The van der Waals surface area contributed by atoms with Gasteiger partial charge in [0.2, 0.25) is 0 Å². The lowest BCUT2D eigenvalue weighted by molar-refractivity contribution is -0.145. The van der Waals surface area contributed by atoms with Crippen LogP contribution in [0.5, 0.6) is 0 Å². The quantitative estimate of drug-likeness (QED) is 0.810. The van der Waals surface area contributed by atoms with Crippen LogP contribution in [0.15, 0.2) is 18.2 Å². The Morgan fingerprint density at radius 2 is 2.10 bits per heavy atom. The Balaban J connectivity index is 2.07. The minimum absolute atomic E-state index is 0.127. The van der Waals surface area contributed by atoms with E-state index in [0.29, 0.717) is 17.3 Å². The zero-order chi connectivity index (χ0) is 14.7. The number of nitrogens with zero attached hydrogens (tertiary/aromatic N) is 1. The van der Waals surface area contributed by atoms with E-state index in [9.17, 15) is 9.59 Å². The monoisotopic (exact) mass is 294 g/mol. The Hall–Kier alpha value is -1.55. The number of anilines is 1. The van der Waals surface area contributed by atoms with E-state index < -0.39 is 11.8 Å². The van der Waals surface area contributed by atoms with Crippen LogP contribution in [0.25, 0.3) is 0 Å². The smallest absolute Gasteiger partial charge is 0.313 e. The molecule has 0 bridgehead atoms. The number of benzene rings is 1. The lowest BCUT2D eigenvalue weighted by Gasteiger charge is -2.32. The van der Waals surface area contributed by atoms with Crippen molar-refractivity contribution in [3.8, 4) is 0 Å². The van der Waals surface area contributed by atoms with Crippen LogP contribution < -0.4 is 5.32 Å². The molecule has 1 unspecified atom stereocenters. The first-order chi connectivity index (χ1) is 9.50. The highest BCUT2D eigenvalue weighted by molar-refractivity contribution is 6.40. The SMILES string of the molecule is Cc1c(Cl)cccc1NC(=O)C(=O)N1CCCCC1C. The second kappa shape index (κ2) is 6.27. The first kappa shape index (κ1) is 14.9. The summed E-state index contributed by atoms with van der Waals surface area (Å²) in [5, 5.41) is 3.22. The second-order valence-corrected chi connectivity index (χ2v) is 5.62. The van der Waals surface area contributed by atoms with Crippen molar-refractivity contribution in [1.29, 1.82) is 0 Å². The summed E-state index contributed by atoms with van der Waals surface area (Å²) in [6, 6.07) is 5.37. The number of hydrogen-bond acceptors (Lipinski definition) is 2. The summed E-state index contributed by atoms with van der Waals surface area (Å²) >= 11 is 6.00. The van der Waals surface area contributed by atoms with Crippen molar-refractivity contribution < 1.29 is 9.59 Å². The summed E-state index contributed by atoms with van der Waals surface area (Å²) in [7, 11) is 0. The summed E-state index contributed by atoms with van der Waals surface area (Å²) in [5.74, 6) is -1.05. The number of hydrogen-bond donors (Lipinski definition) is 1. The lowest BCUT2D eigenvalue weighted by atomic mass is 10.0. The molecule has 1 aliphatic heterocycles. The van der Waals surface area contributed by atoms with Crippen LogP contribution >= 0.6 is 11.6 Å². The molecule has 0 aromatic heterocycles. The van der Waals surface area contributed by atoms with E-state index in [1.165, 1.54) is 0 Å². The molecule has 1 heterocycles. The molecular formula is C15H19ClN2O2. The van der Waals surface area contributed by atoms with E-state index in [1.54, 1.807) is 23.1 Å². The van der Waals surface area contributed by atoms with Crippen LogP contribution in [0.4, 0.5) is 5.69 Å². The average Bonchev–Trinajstić information content (AvgIpc) is 2.43. The van der Waals surface area contributed by atoms with Gasteiger partial charge in [-0.25, -0.2) is 0 Å².